The molecule has 0 amide bonds. The first-order valence-corrected chi connectivity index (χ1v) is 3.98. The van der Waals surface area contributed by atoms with Gasteiger partial charge >= 0.3 is 5.97 Å². The number of nitrogens with two attached hydrogens (primary N) is 1. The second-order valence-corrected chi connectivity index (χ2v) is 3.17. The highest BCUT2D eigenvalue weighted by Gasteiger charge is 2.29. The molecule has 0 saturated carbocycles. The molecule has 3 N–H and O–H groups in total. The zero-order valence-corrected chi connectivity index (χ0v) is 7.69. The third kappa shape index (κ3) is 1.73. The Labute approximate surface area is 81.8 Å². The van der Waals surface area contributed by atoms with Gasteiger partial charge in [-0.15, -0.1) is 0 Å². The van der Waals surface area contributed by atoms with Crippen molar-refractivity contribution < 1.29 is 9.90 Å². The Bertz CT molecular complexity index is 405. The van der Waals surface area contributed by atoms with Gasteiger partial charge in [-0.3, -0.25) is 0 Å². The average molecular weight is 190 g/mol. The van der Waals surface area contributed by atoms with E-state index in [4.69, 9.17) is 17.4 Å². The summed E-state index contributed by atoms with van der Waals surface area (Å²) in [6, 6.07) is 6.31. The van der Waals surface area contributed by atoms with Crippen LogP contribution in [0.2, 0.25) is 0 Å². The quantitative estimate of drug-likeness (QED) is 0.694. The molecule has 1 atom stereocenters. The summed E-state index contributed by atoms with van der Waals surface area (Å²) in [5.41, 5.74) is 4.98. The SMILES string of the molecule is [C-]#[N+]c1cccc(C(C)(N)C(=O)O)c1. The van der Waals surface area contributed by atoms with Crippen LogP contribution in [0.15, 0.2) is 24.3 Å². The van der Waals surface area contributed by atoms with E-state index in [1.807, 2.05) is 0 Å². The fourth-order valence-electron chi connectivity index (χ4n) is 1.02. The largest absolute Gasteiger partial charge is 0.480 e. The Morgan fingerprint density at radius 2 is 2.29 bits per heavy atom. The first-order valence-electron chi connectivity index (χ1n) is 3.98. The minimum atomic E-state index is -1.44. The normalized spacial score (nSPS) is 14.1. The summed E-state index contributed by atoms with van der Waals surface area (Å²) in [5, 5.41) is 8.86. The molecule has 72 valence electrons. The van der Waals surface area contributed by atoms with Gasteiger partial charge in [-0.25, -0.2) is 9.64 Å². The Hall–Kier alpha value is -1.86. The van der Waals surface area contributed by atoms with E-state index in [2.05, 4.69) is 4.85 Å². The van der Waals surface area contributed by atoms with Crippen LogP contribution in [0.4, 0.5) is 5.69 Å². The third-order valence-corrected chi connectivity index (χ3v) is 2.02. The van der Waals surface area contributed by atoms with Crippen LogP contribution in [-0.4, -0.2) is 11.1 Å². The zero-order valence-electron chi connectivity index (χ0n) is 7.69. The molecule has 4 nitrogen and oxygen atoms in total. The molecule has 0 heterocycles. The van der Waals surface area contributed by atoms with Gasteiger partial charge in [0.15, 0.2) is 5.69 Å². The van der Waals surface area contributed by atoms with Gasteiger partial charge in [-0.05, 0) is 12.5 Å². The fourth-order valence-corrected chi connectivity index (χ4v) is 1.02. The molecule has 0 fully saturated rings. The van der Waals surface area contributed by atoms with Gasteiger partial charge in [0, 0.05) is 0 Å². The van der Waals surface area contributed by atoms with Crippen molar-refractivity contribution in [3.63, 3.8) is 0 Å². The molecular formula is C10H10N2O2. The van der Waals surface area contributed by atoms with E-state index >= 15 is 0 Å². The monoisotopic (exact) mass is 190 g/mol. The Kier molecular flexibility index (Phi) is 2.54. The lowest BCUT2D eigenvalue weighted by atomic mass is 9.93. The number of carboxylic acids is 1. The molecule has 0 bridgehead atoms. The van der Waals surface area contributed by atoms with E-state index in [-0.39, 0.29) is 0 Å². The van der Waals surface area contributed by atoms with E-state index in [0.29, 0.717) is 11.3 Å². The van der Waals surface area contributed by atoms with E-state index < -0.39 is 11.5 Å². The van der Waals surface area contributed by atoms with Crippen molar-refractivity contribution in [1.82, 2.24) is 0 Å². The van der Waals surface area contributed by atoms with Gasteiger partial charge in [0.25, 0.3) is 0 Å². The summed E-state index contributed by atoms with van der Waals surface area (Å²) >= 11 is 0. The summed E-state index contributed by atoms with van der Waals surface area (Å²) in [7, 11) is 0. The molecule has 0 aliphatic rings. The predicted octanol–water partition coefficient (Wildman–Crippen LogP) is 1.50. The highest BCUT2D eigenvalue weighted by Crippen LogP contribution is 2.22. The summed E-state index contributed by atoms with van der Waals surface area (Å²) < 4.78 is 0. The first-order chi connectivity index (χ1) is 6.48. The maximum atomic E-state index is 10.8. The number of hydrogen-bond acceptors (Lipinski definition) is 2. The van der Waals surface area contributed by atoms with Gasteiger partial charge < -0.3 is 10.8 Å². The van der Waals surface area contributed by atoms with Crippen LogP contribution in [0.1, 0.15) is 12.5 Å². The van der Waals surface area contributed by atoms with Crippen LogP contribution < -0.4 is 5.73 Å². The molecule has 1 unspecified atom stereocenters. The molecule has 0 radical (unpaired) electrons. The number of hydrogen-bond donors (Lipinski definition) is 2. The van der Waals surface area contributed by atoms with Crippen molar-refractivity contribution in [2.24, 2.45) is 5.73 Å². The molecule has 14 heavy (non-hydrogen) atoms. The molecule has 0 aromatic heterocycles. The molecule has 0 aliphatic heterocycles. The van der Waals surface area contributed by atoms with Crippen molar-refractivity contribution in [3.05, 3.63) is 41.2 Å². The Morgan fingerprint density at radius 3 is 2.79 bits per heavy atom. The standard InChI is InChI=1S/C10H10N2O2/c1-10(11,9(13)14)7-4-3-5-8(6-7)12-2/h3-6H,11H2,1H3,(H,13,14). The topological polar surface area (TPSA) is 67.7 Å². The minimum Gasteiger partial charge on any atom is -0.480 e. The number of carbonyl (C=O) groups is 1. The molecule has 1 aromatic rings. The number of rotatable bonds is 2. The molecule has 0 aliphatic carbocycles. The van der Waals surface area contributed by atoms with Crippen LogP contribution in [0, 0.1) is 6.57 Å². The first kappa shape index (κ1) is 10.2. The highest BCUT2D eigenvalue weighted by molar-refractivity contribution is 5.80. The number of nitrogens with zero attached hydrogens (tertiary/aromatic N) is 1. The molecule has 1 rings (SSSR count). The van der Waals surface area contributed by atoms with Crippen LogP contribution >= 0.6 is 0 Å². The molecule has 1 aromatic carbocycles. The average Bonchev–Trinajstić information content (AvgIpc) is 2.17. The van der Waals surface area contributed by atoms with Crippen LogP contribution in [-0.2, 0) is 10.3 Å². The lowest BCUT2D eigenvalue weighted by Crippen LogP contribution is -2.41. The molecule has 0 spiro atoms. The van der Waals surface area contributed by atoms with E-state index in [9.17, 15) is 4.79 Å². The van der Waals surface area contributed by atoms with Crippen molar-refractivity contribution >= 4 is 11.7 Å². The van der Waals surface area contributed by atoms with Gasteiger partial charge in [-0.2, -0.15) is 0 Å². The van der Waals surface area contributed by atoms with Crippen LogP contribution in [0.5, 0.6) is 0 Å². The summed E-state index contributed by atoms with van der Waals surface area (Å²) in [4.78, 5) is 14.0. The lowest BCUT2D eigenvalue weighted by Gasteiger charge is -2.19. The number of aliphatic carboxylic acids is 1. The predicted molar refractivity (Wildman–Crippen MR) is 51.9 cm³/mol. The summed E-state index contributed by atoms with van der Waals surface area (Å²) in [6.45, 7) is 8.19. The van der Waals surface area contributed by atoms with Crippen molar-refractivity contribution in [1.29, 1.82) is 0 Å². The summed E-state index contributed by atoms with van der Waals surface area (Å²) in [6.07, 6.45) is 0. The summed E-state index contributed by atoms with van der Waals surface area (Å²) in [5.74, 6) is -1.11. The molecule has 0 saturated heterocycles. The van der Waals surface area contributed by atoms with Crippen molar-refractivity contribution in [2.75, 3.05) is 0 Å². The Morgan fingerprint density at radius 1 is 1.64 bits per heavy atom. The zero-order chi connectivity index (χ0) is 10.8. The Balaban J connectivity index is 3.21. The van der Waals surface area contributed by atoms with E-state index in [0.717, 1.165) is 0 Å². The highest BCUT2D eigenvalue weighted by atomic mass is 16.4. The van der Waals surface area contributed by atoms with Gasteiger partial charge in [0.05, 0.1) is 6.57 Å². The molecule has 4 heteroatoms. The van der Waals surface area contributed by atoms with Crippen molar-refractivity contribution in [3.8, 4) is 0 Å². The van der Waals surface area contributed by atoms with E-state index in [1.54, 1.807) is 18.2 Å². The second-order valence-electron chi connectivity index (χ2n) is 3.17. The van der Waals surface area contributed by atoms with Crippen LogP contribution in [0.3, 0.4) is 0 Å². The number of benzene rings is 1. The van der Waals surface area contributed by atoms with Gasteiger partial charge in [-0.1, -0.05) is 24.3 Å². The maximum absolute atomic E-state index is 10.8. The third-order valence-electron chi connectivity index (χ3n) is 2.02. The number of carboxylic acid groups (broad SMARTS) is 1. The van der Waals surface area contributed by atoms with Gasteiger partial charge in [0.1, 0.15) is 5.54 Å². The van der Waals surface area contributed by atoms with Gasteiger partial charge in [0.2, 0.25) is 0 Å². The maximum Gasteiger partial charge on any atom is 0.327 e. The van der Waals surface area contributed by atoms with Crippen molar-refractivity contribution in [2.45, 2.75) is 12.5 Å². The smallest absolute Gasteiger partial charge is 0.327 e. The molecular weight excluding hydrogens is 180 g/mol. The fraction of sp³-hybridized carbons (Fsp3) is 0.200. The lowest BCUT2D eigenvalue weighted by molar-refractivity contribution is -0.143. The minimum absolute atomic E-state index is 0.389. The van der Waals surface area contributed by atoms with Crippen LogP contribution in [0.25, 0.3) is 4.85 Å². The second kappa shape index (κ2) is 3.48. The van der Waals surface area contributed by atoms with E-state index in [1.165, 1.54) is 13.0 Å².